The van der Waals surface area contributed by atoms with Crippen LogP contribution in [-0.2, 0) is 16.0 Å². The van der Waals surface area contributed by atoms with Gasteiger partial charge in [0.1, 0.15) is 18.3 Å². The van der Waals surface area contributed by atoms with Crippen LogP contribution in [0.3, 0.4) is 0 Å². The molecule has 1 atom stereocenters. The molecule has 0 saturated carbocycles. The summed E-state index contributed by atoms with van der Waals surface area (Å²) in [6.45, 7) is 3.58. The number of methoxy groups -OCH3 is 1. The highest BCUT2D eigenvalue weighted by atomic mass is 19.1. The van der Waals surface area contributed by atoms with Gasteiger partial charge in [0.25, 0.3) is 0 Å². The third kappa shape index (κ3) is 5.39. The van der Waals surface area contributed by atoms with E-state index in [0.29, 0.717) is 40.0 Å². The number of hydrogen-bond acceptors (Lipinski definition) is 6. The molecule has 0 radical (unpaired) electrons. The molecule has 1 unspecified atom stereocenters. The van der Waals surface area contributed by atoms with Gasteiger partial charge in [-0.15, -0.1) is 10.2 Å². The Labute approximate surface area is 270 Å². The average Bonchev–Trinajstić information content (AvgIpc) is 3.68. The number of fused-ring (bicyclic) bond motifs is 4. The Balaban J connectivity index is 1.36. The lowest BCUT2D eigenvalue weighted by Gasteiger charge is -2.31. The van der Waals surface area contributed by atoms with Crippen molar-refractivity contribution in [3.63, 3.8) is 0 Å². The number of carbonyl (C=O) groups excluding carboxylic acids is 2. The van der Waals surface area contributed by atoms with Crippen LogP contribution in [-0.4, -0.2) is 56.2 Å². The number of para-hydroxylation sites is 2. The Morgan fingerprint density at radius 1 is 1.00 bits per heavy atom. The van der Waals surface area contributed by atoms with Crippen molar-refractivity contribution in [3.05, 3.63) is 115 Å². The number of amides is 2. The zero-order valence-electron chi connectivity index (χ0n) is 26.1. The van der Waals surface area contributed by atoms with E-state index < -0.39 is 5.92 Å². The third-order valence-corrected chi connectivity index (χ3v) is 8.45. The highest BCUT2D eigenvalue weighted by molar-refractivity contribution is 6.07. The molecule has 236 valence electrons. The summed E-state index contributed by atoms with van der Waals surface area (Å²) >= 11 is 0. The van der Waals surface area contributed by atoms with Gasteiger partial charge in [0, 0.05) is 34.8 Å². The van der Waals surface area contributed by atoms with Crippen molar-refractivity contribution in [2.75, 3.05) is 23.5 Å². The van der Waals surface area contributed by atoms with Gasteiger partial charge >= 0.3 is 0 Å². The third-order valence-electron chi connectivity index (χ3n) is 8.45. The van der Waals surface area contributed by atoms with Crippen LogP contribution < -0.4 is 14.5 Å². The minimum absolute atomic E-state index is 0.199. The van der Waals surface area contributed by atoms with Crippen molar-refractivity contribution >= 4 is 34.1 Å². The molecule has 0 aliphatic carbocycles. The molecule has 3 aromatic carbocycles. The summed E-state index contributed by atoms with van der Waals surface area (Å²) in [5.41, 5.74) is 4.13. The molecule has 0 bridgehead atoms. The van der Waals surface area contributed by atoms with E-state index >= 15 is 0 Å². The lowest BCUT2D eigenvalue weighted by Crippen LogP contribution is -2.47. The maximum Gasteiger partial charge on any atom is 0.247 e. The molecule has 1 N–H and O–H groups in total. The molecule has 0 fully saturated rings. The maximum atomic E-state index is 14.9. The fourth-order valence-corrected chi connectivity index (χ4v) is 6.29. The molecule has 3 aromatic heterocycles. The number of nitrogens with one attached hydrogen (secondary N) is 1. The Bertz CT molecular complexity index is 2090. The summed E-state index contributed by atoms with van der Waals surface area (Å²) in [5, 5.41) is 9.86. The molecule has 4 heterocycles. The molecule has 1 aliphatic rings. The van der Waals surface area contributed by atoms with E-state index in [0.717, 1.165) is 16.6 Å². The van der Waals surface area contributed by atoms with E-state index in [-0.39, 0.29) is 36.6 Å². The van der Waals surface area contributed by atoms with Gasteiger partial charge in [0.05, 0.1) is 30.4 Å². The highest BCUT2D eigenvalue weighted by Crippen LogP contribution is 2.39. The Hall–Kier alpha value is -5.84. The number of H-pyrrole nitrogens is 1. The number of carbonyl (C=O) groups is 2. The minimum atomic E-state index is -0.849. The van der Waals surface area contributed by atoms with Crippen LogP contribution in [0.4, 0.5) is 15.8 Å². The first-order chi connectivity index (χ1) is 22.8. The van der Waals surface area contributed by atoms with E-state index in [2.05, 4.69) is 20.2 Å². The normalized spacial score (nSPS) is 14.2. The first-order valence-corrected chi connectivity index (χ1v) is 15.3. The number of benzene rings is 3. The van der Waals surface area contributed by atoms with Crippen LogP contribution in [0.2, 0.25) is 0 Å². The Kier molecular flexibility index (Phi) is 7.72. The molecule has 6 aromatic rings. The zero-order chi connectivity index (χ0) is 32.7. The van der Waals surface area contributed by atoms with Crippen LogP contribution in [0.25, 0.3) is 28.0 Å². The van der Waals surface area contributed by atoms with Gasteiger partial charge in [0.2, 0.25) is 17.7 Å². The molecule has 10 nitrogen and oxygen atoms in total. The molecule has 0 saturated heterocycles. The van der Waals surface area contributed by atoms with Gasteiger partial charge in [-0.3, -0.25) is 14.2 Å². The minimum Gasteiger partial charge on any atom is -0.481 e. The second-order valence-corrected chi connectivity index (χ2v) is 11.7. The monoisotopic (exact) mass is 629 g/mol. The van der Waals surface area contributed by atoms with Gasteiger partial charge < -0.3 is 19.5 Å². The van der Waals surface area contributed by atoms with Gasteiger partial charge in [-0.1, -0.05) is 42.5 Å². The summed E-state index contributed by atoms with van der Waals surface area (Å²) in [4.78, 5) is 39.7. The summed E-state index contributed by atoms with van der Waals surface area (Å²) in [5.74, 6) is -0.403. The number of pyridine rings is 1. The number of halogens is 1. The van der Waals surface area contributed by atoms with Gasteiger partial charge in [-0.25, -0.2) is 9.37 Å². The second-order valence-electron chi connectivity index (χ2n) is 11.7. The lowest BCUT2D eigenvalue weighted by atomic mass is 9.96. The van der Waals surface area contributed by atoms with Gasteiger partial charge in [0.15, 0.2) is 11.6 Å². The molecule has 1 aliphatic heterocycles. The zero-order valence-corrected chi connectivity index (χ0v) is 26.1. The van der Waals surface area contributed by atoms with E-state index in [1.54, 1.807) is 35.5 Å². The summed E-state index contributed by atoms with van der Waals surface area (Å²) in [6.07, 6.45) is 3.58. The quantitative estimate of drug-likeness (QED) is 0.219. The molecule has 0 spiro atoms. The maximum absolute atomic E-state index is 14.9. The van der Waals surface area contributed by atoms with Crippen LogP contribution in [0, 0.1) is 5.82 Å². The first-order valence-electron chi connectivity index (χ1n) is 15.3. The average molecular weight is 630 g/mol. The predicted molar refractivity (Wildman–Crippen MR) is 177 cm³/mol. The van der Waals surface area contributed by atoms with Crippen molar-refractivity contribution in [2.24, 2.45) is 0 Å². The lowest BCUT2D eigenvalue weighted by molar-refractivity contribution is -0.123. The van der Waals surface area contributed by atoms with Crippen LogP contribution >= 0.6 is 0 Å². The molecule has 7 rings (SSSR count). The molecule has 47 heavy (non-hydrogen) atoms. The van der Waals surface area contributed by atoms with Crippen molar-refractivity contribution in [1.29, 1.82) is 0 Å². The van der Waals surface area contributed by atoms with E-state index in [4.69, 9.17) is 4.74 Å². The van der Waals surface area contributed by atoms with E-state index in [9.17, 15) is 14.0 Å². The fourth-order valence-electron chi connectivity index (χ4n) is 6.29. The Morgan fingerprint density at radius 3 is 2.49 bits per heavy atom. The highest BCUT2D eigenvalue weighted by Gasteiger charge is 2.39. The van der Waals surface area contributed by atoms with Crippen molar-refractivity contribution in [3.8, 4) is 23.0 Å². The standard InChI is InChI=1S/C36H32FN7O3/c1-22(2)43(26-14-16-32(47-3)39-20-26)33(45)21-42-30-11-7-8-12-31(30)44-34(23-9-5-4-6-10-23)40-41-35(44)28(36(42)46)17-24-19-38-29-15-13-25(37)18-27(24)29/h4-16,18-20,22,28,38H,17,21H2,1-3H3. The number of nitrogens with zero attached hydrogens (tertiary/aromatic N) is 6. The number of ether oxygens (including phenoxy) is 1. The largest absolute Gasteiger partial charge is 0.481 e. The van der Waals surface area contributed by atoms with Crippen LogP contribution in [0.1, 0.15) is 31.2 Å². The number of hydrogen-bond donors (Lipinski definition) is 1. The van der Waals surface area contributed by atoms with Gasteiger partial charge in [-0.2, -0.15) is 0 Å². The second kappa shape index (κ2) is 12.2. The smallest absolute Gasteiger partial charge is 0.247 e. The van der Waals surface area contributed by atoms with Crippen molar-refractivity contribution in [1.82, 2.24) is 24.7 Å². The number of aromatic nitrogens is 5. The molecule has 2 amide bonds. The summed E-state index contributed by atoms with van der Waals surface area (Å²) in [6, 6.07) is 24.9. The van der Waals surface area contributed by atoms with Crippen molar-refractivity contribution in [2.45, 2.75) is 32.2 Å². The molecular weight excluding hydrogens is 597 g/mol. The van der Waals surface area contributed by atoms with Gasteiger partial charge in [-0.05, 0) is 62.2 Å². The van der Waals surface area contributed by atoms with E-state index in [1.807, 2.05) is 73.0 Å². The van der Waals surface area contributed by atoms with E-state index in [1.165, 1.54) is 24.1 Å². The number of anilines is 2. The van der Waals surface area contributed by atoms with Crippen LogP contribution in [0.15, 0.2) is 97.3 Å². The first kappa shape index (κ1) is 29.8. The predicted octanol–water partition coefficient (Wildman–Crippen LogP) is 6.07. The summed E-state index contributed by atoms with van der Waals surface area (Å²) < 4.78 is 21.5. The molecule has 11 heteroatoms. The SMILES string of the molecule is COc1ccc(N(C(=O)CN2C(=O)C(Cc3c[nH]c4ccc(F)cc34)c3nnc(-c4ccccc4)n3-c3ccccc32)C(C)C)cn1. The number of aromatic amines is 1. The topological polar surface area (TPSA) is 109 Å². The van der Waals surface area contributed by atoms with Crippen LogP contribution in [0.5, 0.6) is 5.88 Å². The fraction of sp³-hybridized carbons (Fsp3) is 0.194. The summed E-state index contributed by atoms with van der Waals surface area (Å²) in [7, 11) is 1.53. The molecular formula is C36H32FN7O3. The number of rotatable bonds is 8. The van der Waals surface area contributed by atoms with Crippen molar-refractivity contribution < 1.29 is 18.7 Å². The Morgan fingerprint density at radius 2 is 1.77 bits per heavy atom.